The Hall–Kier alpha value is -3.32. The lowest BCUT2D eigenvalue weighted by Gasteiger charge is -2.16. The summed E-state index contributed by atoms with van der Waals surface area (Å²) in [6.07, 6.45) is 1.56. The minimum Gasteiger partial charge on any atom is -0.350 e. The van der Waals surface area contributed by atoms with Gasteiger partial charge in [0, 0.05) is 16.9 Å². The van der Waals surface area contributed by atoms with E-state index in [2.05, 4.69) is 10.6 Å². The molecule has 0 unspecified atom stereocenters. The minimum absolute atomic E-state index is 0.102. The lowest BCUT2D eigenvalue weighted by atomic mass is 10.0. The molecule has 2 N–H and O–H groups in total. The van der Waals surface area contributed by atoms with E-state index in [0.717, 1.165) is 34.6 Å². The third-order valence-electron chi connectivity index (χ3n) is 5.82. The number of aryl methyl sites for hydroxylation is 2. The van der Waals surface area contributed by atoms with Crippen LogP contribution in [0.15, 0.2) is 71.4 Å². The average molecular weight is 543 g/mol. The van der Waals surface area contributed by atoms with Crippen molar-refractivity contribution in [2.75, 3.05) is 15.5 Å². The monoisotopic (exact) mass is 541 g/mol. The van der Waals surface area contributed by atoms with Crippen molar-refractivity contribution in [1.29, 1.82) is 0 Å². The summed E-state index contributed by atoms with van der Waals surface area (Å²) in [5.74, 6) is -1.64. The molecule has 0 radical (unpaired) electrons. The molecular formula is C27H22Cl3N3O3. The van der Waals surface area contributed by atoms with Gasteiger partial charge in [-0.05, 0) is 60.4 Å². The Labute approximate surface area is 223 Å². The number of nitrogens with one attached hydrogen (secondary N) is 2. The number of benzene rings is 3. The van der Waals surface area contributed by atoms with Crippen molar-refractivity contribution in [2.45, 2.75) is 26.7 Å². The zero-order valence-corrected chi connectivity index (χ0v) is 21.8. The molecule has 0 aromatic heterocycles. The maximum atomic E-state index is 13.1. The van der Waals surface area contributed by atoms with Crippen LogP contribution < -0.4 is 15.5 Å². The summed E-state index contributed by atoms with van der Waals surface area (Å²) in [6.45, 7) is 4.07. The number of rotatable bonds is 7. The molecule has 0 aliphatic carbocycles. The van der Waals surface area contributed by atoms with Crippen LogP contribution in [0.2, 0.25) is 10.0 Å². The first kappa shape index (κ1) is 25.8. The molecule has 6 nitrogen and oxygen atoms in total. The van der Waals surface area contributed by atoms with E-state index in [-0.39, 0.29) is 27.3 Å². The van der Waals surface area contributed by atoms with Gasteiger partial charge in [0.15, 0.2) is 0 Å². The topological polar surface area (TPSA) is 78.5 Å². The maximum Gasteiger partial charge on any atom is 0.283 e. The zero-order valence-electron chi connectivity index (χ0n) is 19.5. The van der Waals surface area contributed by atoms with Crippen molar-refractivity contribution >= 4 is 69.6 Å². The molecular weight excluding hydrogens is 521 g/mol. The highest BCUT2D eigenvalue weighted by Gasteiger charge is 2.39. The van der Waals surface area contributed by atoms with Gasteiger partial charge in [-0.1, -0.05) is 72.9 Å². The largest absolute Gasteiger partial charge is 0.350 e. The van der Waals surface area contributed by atoms with E-state index >= 15 is 0 Å². The van der Waals surface area contributed by atoms with Crippen LogP contribution in [0.25, 0.3) is 0 Å². The van der Waals surface area contributed by atoms with E-state index in [1.165, 1.54) is 18.2 Å². The zero-order chi connectivity index (χ0) is 26.0. The molecule has 1 aliphatic rings. The molecule has 0 saturated heterocycles. The van der Waals surface area contributed by atoms with Gasteiger partial charge in [0.05, 0.1) is 15.7 Å². The van der Waals surface area contributed by atoms with Gasteiger partial charge in [0.1, 0.15) is 10.7 Å². The van der Waals surface area contributed by atoms with E-state index in [1.807, 2.05) is 32.0 Å². The fourth-order valence-corrected chi connectivity index (χ4v) is 4.45. The van der Waals surface area contributed by atoms with Crippen LogP contribution in [-0.2, 0) is 22.4 Å². The fraction of sp³-hybridized carbons (Fsp3) is 0.148. The van der Waals surface area contributed by atoms with Crippen molar-refractivity contribution in [3.63, 3.8) is 0 Å². The smallest absolute Gasteiger partial charge is 0.283 e. The van der Waals surface area contributed by atoms with Crippen molar-refractivity contribution < 1.29 is 14.4 Å². The summed E-state index contributed by atoms with van der Waals surface area (Å²) in [4.78, 5) is 39.8. The number of para-hydroxylation sites is 1. The first-order valence-corrected chi connectivity index (χ1v) is 12.4. The molecule has 3 aromatic rings. The first-order chi connectivity index (χ1) is 17.2. The van der Waals surface area contributed by atoms with E-state index in [0.29, 0.717) is 16.3 Å². The Morgan fingerprint density at radius 1 is 0.833 bits per heavy atom. The second kappa shape index (κ2) is 10.7. The molecule has 3 aromatic carbocycles. The maximum absolute atomic E-state index is 13.1. The van der Waals surface area contributed by atoms with Crippen LogP contribution in [0.1, 0.15) is 35.3 Å². The Balaban J connectivity index is 1.57. The molecule has 36 heavy (non-hydrogen) atoms. The summed E-state index contributed by atoms with van der Waals surface area (Å²) >= 11 is 18.2. The van der Waals surface area contributed by atoms with Gasteiger partial charge in [-0.2, -0.15) is 0 Å². The third kappa shape index (κ3) is 4.98. The quantitative estimate of drug-likeness (QED) is 0.322. The number of anilines is 3. The normalized spacial score (nSPS) is 13.4. The molecule has 184 valence electrons. The molecule has 9 heteroatoms. The number of amides is 3. The van der Waals surface area contributed by atoms with Gasteiger partial charge < -0.3 is 10.6 Å². The van der Waals surface area contributed by atoms with Gasteiger partial charge in [-0.25, -0.2) is 4.90 Å². The van der Waals surface area contributed by atoms with Crippen LogP contribution in [0.4, 0.5) is 17.1 Å². The number of carbonyl (C=O) groups excluding carboxylic acids is 3. The van der Waals surface area contributed by atoms with Crippen molar-refractivity contribution in [3.05, 3.63) is 98.1 Å². The van der Waals surface area contributed by atoms with Crippen LogP contribution in [0.3, 0.4) is 0 Å². The van der Waals surface area contributed by atoms with Crippen molar-refractivity contribution in [1.82, 2.24) is 0 Å². The molecule has 1 heterocycles. The van der Waals surface area contributed by atoms with Crippen molar-refractivity contribution in [2.24, 2.45) is 0 Å². The van der Waals surface area contributed by atoms with E-state index < -0.39 is 11.8 Å². The van der Waals surface area contributed by atoms with Crippen molar-refractivity contribution in [3.8, 4) is 0 Å². The number of hydrogen-bond acceptors (Lipinski definition) is 4. The van der Waals surface area contributed by atoms with Crippen LogP contribution in [-0.4, -0.2) is 17.7 Å². The number of carbonyl (C=O) groups is 3. The minimum atomic E-state index is -0.695. The fourth-order valence-electron chi connectivity index (χ4n) is 3.94. The van der Waals surface area contributed by atoms with Crippen LogP contribution in [0, 0.1) is 0 Å². The predicted molar refractivity (Wildman–Crippen MR) is 145 cm³/mol. The Kier molecular flexibility index (Phi) is 7.69. The molecule has 4 rings (SSSR count). The number of imide groups is 1. The van der Waals surface area contributed by atoms with Gasteiger partial charge in [0.2, 0.25) is 0 Å². The molecule has 0 atom stereocenters. The molecule has 0 spiro atoms. The molecule has 0 bridgehead atoms. The molecule has 3 amide bonds. The molecule has 1 aliphatic heterocycles. The molecule has 0 saturated carbocycles. The van der Waals surface area contributed by atoms with E-state index in [4.69, 9.17) is 34.8 Å². The van der Waals surface area contributed by atoms with Crippen LogP contribution in [0.5, 0.6) is 0 Å². The summed E-state index contributed by atoms with van der Waals surface area (Å²) in [7, 11) is 0. The highest BCUT2D eigenvalue weighted by molar-refractivity contribution is 6.53. The summed E-state index contributed by atoms with van der Waals surface area (Å²) in [5, 5.41) is 6.14. The lowest BCUT2D eigenvalue weighted by Crippen LogP contribution is -2.32. The van der Waals surface area contributed by atoms with Gasteiger partial charge in [-0.15, -0.1) is 0 Å². The second-order valence-electron chi connectivity index (χ2n) is 8.05. The Bertz CT molecular complexity index is 1400. The Morgan fingerprint density at radius 3 is 2.14 bits per heavy atom. The van der Waals surface area contributed by atoms with Gasteiger partial charge >= 0.3 is 0 Å². The molecule has 0 fully saturated rings. The highest BCUT2D eigenvalue weighted by Crippen LogP contribution is 2.34. The van der Waals surface area contributed by atoms with E-state index in [9.17, 15) is 14.4 Å². The summed E-state index contributed by atoms with van der Waals surface area (Å²) in [6, 6.07) is 17.0. The third-order valence-corrected chi connectivity index (χ3v) is 6.91. The number of halogens is 3. The number of nitrogens with zero attached hydrogens (tertiary/aromatic N) is 1. The first-order valence-electron chi connectivity index (χ1n) is 11.3. The standard InChI is InChI=1S/C27H22Cl3N3O3/c1-3-15-7-5-8-16(4-2)23(15)32-25(34)17-9-6-10-18(13-17)31-24-22(30)26(35)33(27(24)36)19-11-12-20(28)21(29)14-19/h5-14,31H,3-4H2,1-2H3,(H,32,34). The van der Waals surface area contributed by atoms with E-state index in [1.54, 1.807) is 24.3 Å². The van der Waals surface area contributed by atoms with Crippen LogP contribution >= 0.6 is 34.8 Å². The average Bonchev–Trinajstić information content (AvgIpc) is 3.09. The van der Waals surface area contributed by atoms with Gasteiger partial charge in [-0.3, -0.25) is 14.4 Å². The Morgan fingerprint density at radius 2 is 1.50 bits per heavy atom. The lowest BCUT2D eigenvalue weighted by molar-refractivity contribution is -0.120. The highest BCUT2D eigenvalue weighted by atomic mass is 35.5. The predicted octanol–water partition coefficient (Wildman–Crippen LogP) is 6.81. The summed E-state index contributed by atoms with van der Waals surface area (Å²) < 4.78 is 0. The SMILES string of the molecule is CCc1cccc(CC)c1NC(=O)c1cccc(NC2=C(Cl)C(=O)N(c3ccc(Cl)c(Cl)c3)C2=O)c1. The number of hydrogen-bond donors (Lipinski definition) is 2. The second-order valence-corrected chi connectivity index (χ2v) is 9.24. The summed E-state index contributed by atoms with van der Waals surface area (Å²) in [5.41, 5.74) is 3.84. The van der Waals surface area contributed by atoms with Gasteiger partial charge in [0.25, 0.3) is 17.7 Å².